The highest BCUT2D eigenvalue weighted by atomic mass is 33.1. The lowest BCUT2D eigenvalue weighted by molar-refractivity contribution is -0.121. The predicted molar refractivity (Wildman–Crippen MR) is 79.8 cm³/mol. The fourth-order valence-electron chi connectivity index (χ4n) is 1.76. The number of nitrogens with two attached hydrogens (primary N) is 1. The molecule has 1 amide bonds. The van der Waals surface area contributed by atoms with E-state index in [-0.39, 0.29) is 5.91 Å². The van der Waals surface area contributed by atoms with Crippen molar-refractivity contribution in [2.24, 2.45) is 5.73 Å². The van der Waals surface area contributed by atoms with E-state index in [2.05, 4.69) is 5.32 Å². The quantitative estimate of drug-likeness (QED) is 0.475. The number of carbonyl (C=O) groups excluding carboxylic acids is 1. The molecule has 0 radical (unpaired) electrons. The van der Waals surface area contributed by atoms with Gasteiger partial charge in [0.05, 0.1) is 13.2 Å². The topological polar surface area (TPSA) is 64.3 Å². The molecule has 1 unspecified atom stereocenters. The van der Waals surface area contributed by atoms with Crippen LogP contribution < -0.4 is 11.1 Å². The highest BCUT2D eigenvalue weighted by Gasteiger charge is 2.15. The van der Waals surface area contributed by atoms with E-state index < -0.39 is 0 Å². The molecule has 0 aromatic heterocycles. The minimum atomic E-state index is 0.139. The van der Waals surface area contributed by atoms with Crippen LogP contribution in [-0.4, -0.2) is 43.2 Å². The van der Waals surface area contributed by atoms with E-state index in [0.29, 0.717) is 32.7 Å². The molecule has 0 aromatic carbocycles. The van der Waals surface area contributed by atoms with Crippen molar-refractivity contribution < 1.29 is 9.53 Å². The maximum absolute atomic E-state index is 11.5. The van der Waals surface area contributed by atoms with Crippen molar-refractivity contribution in [2.45, 2.75) is 37.4 Å². The van der Waals surface area contributed by atoms with Crippen molar-refractivity contribution >= 4 is 27.5 Å². The van der Waals surface area contributed by atoms with E-state index in [1.165, 1.54) is 18.6 Å². The fourth-order valence-corrected chi connectivity index (χ4v) is 4.79. The third kappa shape index (κ3) is 8.24. The first-order chi connectivity index (χ1) is 8.83. The molecule has 0 bridgehead atoms. The summed E-state index contributed by atoms with van der Waals surface area (Å²) in [5.41, 5.74) is 5.29. The zero-order valence-electron chi connectivity index (χ0n) is 10.9. The molecular weight excluding hydrogens is 268 g/mol. The van der Waals surface area contributed by atoms with Crippen LogP contribution >= 0.6 is 21.6 Å². The van der Waals surface area contributed by atoms with Crippen LogP contribution in [-0.2, 0) is 9.53 Å². The second-order valence-electron chi connectivity index (χ2n) is 4.33. The summed E-state index contributed by atoms with van der Waals surface area (Å²) in [5.74, 6) is 1.43. The van der Waals surface area contributed by atoms with Gasteiger partial charge in [0.15, 0.2) is 0 Å². The Balaban J connectivity index is 1.84. The molecule has 18 heavy (non-hydrogen) atoms. The second kappa shape index (κ2) is 11.0. The SMILES string of the molecule is NCCOCCNC(=O)CCCCC1CCSS1. The van der Waals surface area contributed by atoms with Gasteiger partial charge < -0.3 is 15.8 Å². The molecule has 1 fully saturated rings. The fraction of sp³-hybridized carbons (Fsp3) is 0.917. The van der Waals surface area contributed by atoms with Gasteiger partial charge in [-0.25, -0.2) is 0 Å². The maximum atomic E-state index is 11.5. The average Bonchev–Trinajstić information content (AvgIpc) is 2.87. The second-order valence-corrected chi connectivity index (χ2v) is 7.11. The molecule has 0 aliphatic carbocycles. The van der Waals surface area contributed by atoms with Crippen LogP contribution in [0.15, 0.2) is 0 Å². The molecule has 1 saturated heterocycles. The third-order valence-corrected chi connectivity index (χ3v) is 5.74. The van der Waals surface area contributed by atoms with Crippen LogP contribution in [0.4, 0.5) is 0 Å². The van der Waals surface area contributed by atoms with Crippen LogP contribution in [0.1, 0.15) is 32.1 Å². The Bertz CT molecular complexity index is 224. The molecule has 106 valence electrons. The normalized spacial score (nSPS) is 19.1. The van der Waals surface area contributed by atoms with E-state index in [0.717, 1.165) is 18.1 Å². The molecule has 0 saturated carbocycles. The van der Waals surface area contributed by atoms with Crippen molar-refractivity contribution in [3.8, 4) is 0 Å². The van der Waals surface area contributed by atoms with Gasteiger partial charge >= 0.3 is 0 Å². The van der Waals surface area contributed by atoms with Crippen LogP contribution in [0.2, 0.25) is 0 Å². The van der Waals surface area contributed by atoms with Crippen molar-refractivity contribution in [1.29, 1.82) is 0 Å². The van der Waals surface area contributed by atoms with Crippen LogP contribution in [0.5, 0.6) is 0 Å². The van der Waals surface area contributed by atoms with Gasteiger partial charge in [-0.3, -0.25) is 4.79 Å². The number of carbonyl (C=O) groups is 1. The van der Waals surface area contributed by atoms with E-state index in [9.17, 15) is 4.79 Å². The summed E-state index contributed by atoms with van der Waals surface area (Å²) in [6, 6.07) is 0. The summed E-state index contributed by atoms with van der Waals surface area (Å²) in [5, 5.41) is 3.68. The van der Waals surface area contributed by atoms with Gasteiger partial charge in [0, 0.05) is 30.5 Å². The highest BCUT2D eigenvalue weighted by molar-refractivity contribution is 8.77. The van der Waals surface area contributed by atoms with Gasteiger partial charge in [0.2, 0.25) is 5.91 Å². The van der Waals surface area contributed by atoms with Crippen molar-refractivity contribution in [3.05, 3.63) is 0 Å². The Morgan fingerprint density at radius 2 is 2.28 bits per heavy atom. The molecule has 1 atom stereocenters. The first kappa shape index (κ1) is 16.1. The maximum Gasteiger partial charge on any atom is 0.220 e. The summed E-state index contributed by atoms with van der Waals surface area (Å²) < 4.78 is 5.18. The van der Waals surface area contributed by atoms with Gasteiger partial charge in [-0.2, -0.15) is 0 Å². The Labute approximate surface area is 118 Å². The van der Waals surface area contributed by atoms with Crippen LogP contribution in [0, 0.1) is 0 Å². The molecule has 0 spiro atoms. The molecule has 1 aliphatic rings. The van der Waals surface area contributed by atoms with Crippen LogP contribution in [0.25, 0.3) is 0 Å². The Kier molecular flexibility index (Phi) is 9.83. The van der Waals surface area contributed by atoms with Gasteiger partial charge in [-0.15, -0.1) is 0 Å². The van der Waals surface area contributed by atoms with E-state index in [4.69, 9.17) is 10.5 Å². The van der Waals surface area contributed by atoms with Gasteiger partial charge in [0.1, 0.15) is 0 Å². The van der Waals surface area contributed by atoms with E-state index in [1.54, 1.807) is 0 Å². The number of amides is 1. The summed E-state index contributed by atoms with van der Waals surface area (Å²) in [7, 11) is 3.99. The lowest BCUT2D eigenvalue weighted by Gasteiger charge is -2.07. The van der Waals surface area contributed by atoms with Crippen molar-refractivity contribution in [3.63, 3.8) is 0 Å². The Morgan fingerprint density at radius 1 is 1.39 bits per heavy atom. The molecule has 0 aromatic rings. The first-order valence-corrected chi connectivity index (χ1v) is 9.04. The third-order valence-electron chi connectivity index (χ3n) is 2.74. The standard InChI is InChI=1S/C12H24N2O2S2/c13-6-8-16-9-7-14-12(15)4-2-1-3-11-5-10-17-18-11/h11H,1-10,13H2,(H,14,15). The molecule has 1 rings (SSSR count). The zero-order chi connectivity index (χ0) is 13.1. The number of hydrogen-bond acceptors (Lipinski definition) is 5. The highest BCUT2D eigenvalue weighted by Crippen LogP contribution is 2.39. The minimum absolute atomic E-state index is 0.139. The molecule has 1 aliphatic heterocycles. The number of hydrogen-bond donors (Lipinski definition) is 2. The molecule has 4 nitrogen and oxygen atoms in total. The summed E-state index contributed by atoms with van der Waals surface area (Å²) in [6.07, 6.45) is 5.39. The van der Waals surface area contributed by atoms with E-state index in [1.807, 2.05) is 21.6 Å². The van der Waals surface area contributed by atoms with Gasteiger partial charge in [-0.1, -0.05) is 28.0 Å². The average molecular weight is 292 g/mol. The number of rotatable bonds is 10. The number of unbranched alkanes of at least 4 members (excludes halogenated alkanes) is 1. The molecule has 3 N–H and O–H groups in total. The largest absolute Gasteiger partial charge is 0.378 e. The lowest BCUT2D eigenvalue weighted by atomic mass is 10.1. The zero-order valence-corrected chi connectivity index (χ0v) is 12.5. The van der Waals surface area contributed by atoms with Crippen LogP contribution in [0.3, 0.4) is 0 Å². The monoisotopic (exact) mass is 292 g/mol. The summed E-state index contributed by atoms with van der Waals surface area (Å²) in [6.45, 7) is 2.24. The van der Waals surface area contributed by atoms with Crippen molar-refractivity contribution in [1.82, 2.24) is 5.32 Å². The first-order valence-electron chi connectivity index (χ1n) is 6.65. The van der Waals surface area contributed by atoms with E-state index >= 15 is 0 Å². The number of nitrogens with one attached hydrogen (secondary N) is 1. The van der Waals surface area contributed by atoms with Crippen molar-refractivity contribution in [2.75, 3.05) is 32.1 Å². The molecule has 6 heteroatoms. The molecule has 1 heterocycles. The summed E-state index contributed by atoms with van der Waals surface area (Å²) in [4.78, 5) is 11.5. The smallest absolute Gasteiger partial charge is 0.220 e. The summed E-state index contributed by atoms with van der Waals surface area (Å²) >= 11 is 0. The van der Waals surface area contributed by atoms with Gasteiger partial charge in [-0.05, 0) is 19.3 Å². The lowest BCUT2D eigenvalue weighted by Crippen LogP contribution is -2.27. The van der Waals surface area contributed by atoms with Gasteiger partial charge in [0.25, 0.3) is 0 Å². The Hall–Kier alpha value is 0.0900. The minimum Gasteiger partial charge on any atom is -0.378 e. The number of ether oxygens (including phenoxy) is 1. The Morgan fingerprint density at radius 3 is 3.00 bits per heavy atom. The molecular formula is C12H24N2O2S2. The predicted octanol–water partition coefficient (Wildman–Crippen LogP) is 1.79.